The fraction of sp³-hybridized carbons (Fsp3) is 0.273. The van der Waals surface area contributed by atoms with Crippen molar-refractivity contribution in [3.63, 3.8) is 0 Å². The summed E-state index contributed by atoms with van der Waals surface area (Å²) >= 11 is 3.48. The van der Waals surface area contributed by atoms with E-state index in [-0.39, 0.29) is 6.61 Å². The Morgan fingerprint density at radius 1 is 1.43 bits per heavy atom. The maximum absolute atomic E-state index is 8.90. The van der Waals surface area contributed by atoms with Crippen LogP contribution in [0.5, 0.6) is 0 Å². The highest BCUT2D eigenvalue weighted by Gasteiger charge is 2.10. The summed E-state index contributed by atoms with van der Waals surface area (Å²) in [4.78, 5) is 0. The van der Waals surface area contributed by atoms with Gasteiger partial charge >= 0.3 is 0 Å². The Labute approximate surface area is 90.7 Å². The van der Waals surface area contributed by atoms with Crippen molar-refractivity contribution in [3.8, 4) is 0 Å². The van der Waals surface area contributed by atoms with Crippen LogP contribution in [-0.2, 0) is 6.42 Å². The van der Waals surface area contributed by atoms with Gasteiger partial charge in [0, 0.05) is 12.0 Å². The Hall–Kier alpha value is -0.800. The lowest BCUT2D eigenvalue weighted by Crippen LogP contribution is -1.90. The second-order valence-electron chi connectivity index (χ2n) is 3.24. The summed E-state index contributed by atoms with van der Waals surface area (Å²) in [7, 11) is 0. The van der Waals surface area contributed by atoms with Gasteiger partial charge < -0.3 is 9.52 Å². The van der Waals surface area contributed by atoms with Crippen molar-refractivity contribution in [3.05, 3.63) is 34.0 Å². The number of aliphatic hydroxyl groups is 1. The number of furan rings is 1. The van der Waals surface area contributed by atoms with Gasteiger partial charge in [-0.1, -0.05) is 12.1 Å². The highest BCUT2D eigenvalue weighted by molar-refractivity contribution is 9.10. The summed E-state index contributed by atoms with van der Waals surface area (Å²) in [6.45, 7) is 2.07. The third-order valence-corrected chi connectivity index (χ3v) is 3.26. The normalized spacial score (nSPS) is 11.1. The van der Waals surface area contributed by atoms with E-state index in [0.29, 0.717) is 6.42 Å². The molecule has 0 atom stereocenters. The number of rotatable bonds is 2. The molecule has 3 heteroatoms. The first-order valence-electron chi connectivity index (χ1n) is 4.51. The molecule has 1 aromatic carbocycles. The van der Waals surface area contributed by atoms with Crippen LogP contribution in [0.3, 0.4) is 0 Å². The maximum Gasteiger partial charge on any atom is 0.138 e. The highest BCUT2D eigenvalue weighted by Crippen LogP contribution is 2.32. The van der Waals surface area contributed by atoms with E-state index in [1.165, 1.54) is 0 Å². The quantitative estimate of drug-likeness (QED) is 0.894. The van der Waals surface area contributed by atoms with Crippen LogP contribution in [0.1, 0.15) is 11.3 Å². The predicted octanol–water partition coefficient (Wildman–Crippen LogP) is 3.04. The van der Waals surface area contributed by atoms with Crippen LogP contribution in [0.15, 0.2) is 27.1 Å². The van der Waals surface area contributed by atoms with E-state index in [9.17, 15) is 0 Å². The molecule has 0 aliphatic rings. The zero-order valence-electron chi connectivity index (χ0n) is 7.88. The van der Waals surface area contributed by atoms with Gasteiger partial charge in [-0.15, -0.1) is 0 Å². The standard InChI is InChI=1S/C11H11BrO2/c1-7-10(12)9-4-2-3-8(5-6-13)11(9)14-7/h2-4,13H,5-6H2,1H3. The molecule has 0 aliphatic heterocycles. The largest absolute Gasteiger partial charge is 0.460 e. The van der Waals surface area contributed by atoms with Crippen molar-refractivity contribution in [2.75, 3.05) is 6.61 Å². The summed E-state index contributed by atoms with van der Waals surface area (Å²) in [5, 5.41) is 9.98. The Balaban J connectivity index is 2.68. The first-order chi connectivity index (χ1) is 6.74. The molecule has 0 amide bonds. The van der Waals surface area contributed by atoms with E-state index in [2.05, 4.69) is 15.9 Å². The van der Waals surface area contributed by atoms with Crippen LogP contribution in [0.4, 0.5) is 0 Å². The molecule has 2 nitrogen and oxygen atoms in total. The van der Waals surface area contributed by atoms with E-state index < -0.39 is 0 Å². The maximum atomic E-state index is 8.90. The fourth-order valence-electron chi connectivity index (χ4n) is 1.58. The SMILES string of the molecule is Cc1oc2c(CCO)cccc2c1Br. The van der Waals surface area contributed by atoms with Gasteiger partial charge in [-0.25, -0.2) is 0 Å². The first-order valence-corrected chi connectivity index (χ1v) is 5.30. The molecule has 74 valence electrons. The van der Waals surface area contributed by atoms with E-state index in [0.717, 1.165) is 26.8 Å². The van der Waals surface area contributed by atoms with E-state index in [1.807, 2.05) is 25.1 Å². The average molecular weight is 255 g/mol. The smallest absolute Gasteiger partial charge is 0.138 e. The summed E-state index contributed by atoms with van der Waals surface area (Å²) < 4.78 is 6.63. The van der Waals surface area contributed by atoms with Crippen molar-refractivity contribution in [2.45, 2.75) is 13.3 Å². The van der Waals surface area contributed by atoms with Crippen molar-refractivity contribution >= 4 is 26.9 Å². The zero-order chi connectivity index (χ0) is 10.1. The van der Waals surface area contributed by atoms with Crippen LogP contribution in [0, 0.1) is 6.92 Å². The molecule has 1 heterocycles. The first kappa shape index (κ1) is 9.74. The molecular formula is C11H11BrO2. The van der Waals surface area contributed by atoms with Crippen molar-refractivity contribution in [2.24, 2.45) is 0 Å². The molecule has 1 N–H and O–H groups in total. The highest BCUT2D eigenvalue weighted by atomic mass is 79.9. The summed E-state index contributed by atoms with van der Waals surface area (Å²) in [6, 6.07) is 5.97. The zero-order valence-corrected chi connectivity index (χ0v) is 9.47. The second-order valence-corrected chi connectivity index (χ2v) is 4.03. The third kappa shape index (κ3) is 1.47. The lowest BCUT2D eigenvalue weighted by Gasteiger charge is -1.98. The molecule has 0 saturated carbocycles. The summed E-state index contributed by atoms with van der Waals surface area (Å²) in [5.41, 5.74) is 1.93. The molecule has 14 heavy (non-hydrogen) atoms. The van der Waals surface area contributed by atoms with Gasteiger partial charge in [-0.3, -0.25) is 0 Å². The topological polar surface area (TPSA) is 33.4 Å². The molecule has 2 aromatic rings. The molecule has 1 aromatic heterocycles. The van der Waals surface area contributed by atoms with Crippen LogP contribution in [-0.4, -0.2) is 11.7 Å². The number of fused-ring (bicyclic) bond motifs is 1. The van der Waals surface area contributed by atoms with Gasteiger partial charge in [0.15, 0.2) is 0 Å². The van der Waals surface area contributed by atoms with Gasteiger partial charge in [-0.2, -0.15) is 0 Å². The van der Waals surface area contributed by atoms with Gasteiger partial charge in [0.25, 0.3) is 0 Å². The van der Waals surface area contributed by atoms with Crippen LogP contribution in [0.25, 0.3) is 11.0 Å². The lowest BCUT2D eigenvalue weighted by molar-refractivity contribution is 0.299. The third-order valence-electron chi connectivity index (χ3n) is 2.28. The minimum Gasteiger partial charge on any atom is -0.460 e. The number of benzene rings is 1. The number of hydrogen-bond donors (Lipinski definition) is 1. The molecule has 0 bridgehead atoms. The van der Waals surface area contributed by atoms with Crippen molar-refractivity contribution in [1.29, 1.82) is 0 Å². The van der Waals surface area contributed by atoms with Gasteiger partial charge in [0.1, 0.15) is 11.3 Å². The lowest BCUT2D eigenvalue weighted by atomic mass is 10.1. The average Bonchev–Trinajstić information content (AvgIpc) is 2.46. The van der Waals surface area contributed by atoms with E-state index in [4.69, 9.17) is 9.52 Å². The Bertz CT molecular complexity index is 460. The molecule has 0 aliphatic carbocycles. The molecule has 0 radical (unpaired) electrons. The molecule has 2 rings (SSSR count). The number of hydrogen-bond acceptors (Lipinski definition) is 2. The molecular weight excluding hydrogens is 244 g/mol. The van der Waals surface area contributed by atoms with Crippen molar-refractivity contribution < 1.29 is 9.52 Å². The van der Waals surface area contributed by atoms with E-state index >= 15 is 0 Å². The number of para-hydroxylation sites is 1. The van der Waals surface area contributed by atoms with Gasteiger partial charge in [0.2, 0.25) is 0 Å². The number of aliphatic hydroxyl groups excluding tert-OH is 1. The van der Waals surface area contributed by atoms with Gasteiger partial charge in [0.05, 0.1) is 4.47 Å². The monoisotopic (exact) mass is 254 g/mol. The van der Waals surface area contributed by atoms with Crippen LogP contribution in [0.2, 0.25) is 0 Å². The van der Waals surface area contributed by atoms with E-state index in [1.54, 1.807) is 0 Å². The predicted molar refractivity (Wildman–Crippen MR) is 59.4 cm³/mol. The number of aryl methyl sites for hydroxylation is 1. The minimum atomic E-state index is 0.149. The molecule has 0 saturated heterocycles. The second kappa shape index (κ2) is 3.75. The Morgan fingerprint density at radius 2 is 2.21 bits per heavy atom. The molecule has 0 spiro atoms. The van der Waals surface area contributed by atoms with Crippen LogP contribution < -0.4 is 0 Å². The summed E-state index contributed by atoms with van der Waals surface area (Å²) in [5.74, 6) is 0.880. The Morgan fingerprint density at radius 3 is 2.93 bits per heavy atom. The molecule has 0 fully saturated rings. The number of halogens is 1. The van der Waals surface area contributed by atoms with Crippen molar-refractivity contribution in [1.82, 2.24) is 0 Å². The Kier molecular flexibility index (Phi) is 2.61. The summed E-state index contributed by atoms with van der Waals surface area (Å²) in [6.07, 6.45) is 0.636. The fourth-order valence-corrected chi connectivity index (χ4v) is 1.98. The van der Waals surface area contributed by atoms with Gasteiger partial charge in [-0.05, 0) is 40.9 Å². The molecule has 0 unspecified atom stereocenters. The minimum absolute atomic E-state index is 0.149. The van der Waals surface area contributed by atoms with Crippen LogP contribution >= 0.6 is 15.9 Å².